The van der Waals surface area contributed by atoms with Crippen molar-refractivity contribution in [3.63, 3.8) is 0 Å². The molecule has 116 valence electrons. The summed E-state index contributed by atoms with van der Waals surface area (Å²) in [5, 5.41) is 3.86. The SMILES string of the molecule is Cc1ccc2[nH]c(C)c(C(=O)Nc3ccc4c(c3)OCO4)c2c1. The van der Waals surface area contributed by atoms with Gasteiger partial charge in [-0.05, 0) is 38.1 Å². The molecule has 23 heavy (non-hydrogen) atoms. The maximum absolute atomic E-state index is 12.7. The molecule has 0 radical (unpaired) electrons. The summed E-state index contributed by atoms with van der Waals surface area (Å²) in [6.45, 7) is 4.14. The van der Waals surface area contributed by atoms with Crippen molar-refractivity contribution >= 4 is 22.5 Å². The zero-order chi connectivity index (χ0) is 16.0. The van der Waals surface area contributed by atoms with E-state index in [9.17, 15) is 4.79 Å². The highest BCUT2D eigenvalue weighted by Gasteiger charge is 2.18. The third-order valence-corrected chi connectivity index (χ3v) is 4.00. The molecule has 1 aliphatic rings. The minimum absolute atomic E-state index is 0.141. The fourth-order valence-corrected chi connectivity index (χ4v) is 2.90. The molecule has 5 nitrogen and oxygen atoms in total. The van der Waals surface area contributed by atoms with Crippen molar-refractivity contribution in [3.8, 4) is 11.5 Å². The summed E-state index contributed by atoms with van der Waals surface area (Å²) < 4.78 is 10.6. The maximum Gasteiger partial charge on any atom is 0.258 e. The minimum atomic E-state index is -0.141. The minimum Gasteiger partial charge on any atom is -0.454 e. The largest absolute Gasteiger partial charge is 0.454 e. The van der Waals surface area contributed by atoms with Gasteiger partial charge in [0.1, 0.15) is 0 Å². The summed E-state index contributed by atoms with van der Waals surface area (Å²) in [6, 6.07) is 11.4. The molecule has 0 saturated heterocycles. The lowest BCUT2D eigenvalue weighted by atomic mass is 10.1. The van der Waals surface area contributed by atoms with Crippen LogP contribution in [0.15, 0.2) is 36.4 Å². The van der Waals surface area contributed by atoms with Gasteiger partial charge >= 0.3 is 0 Å². The summed E-state index contributed by atoms with van der Waals surface area (Å²) in [4.78, 5) is 16.0. The molecule has 2 heterocycles. The number of carbonyl (C=O) groups is 1. The van der Waals surface area contributed by atoms with Crippen molar-refractivity contribution in [2.24, 2.45) is 0 Å². The van der Waals surface area contributed by atoms with Crippen LogP contribution in [0, 0.1) is 13.8 Å². The normalized spacial score (nSPS) is 12.6. The topological polar surface area (TPSA) is 63.4 Å². The lowest BCUT2D eigenvalue weighted by Crippen LogP contribution is -2.12. The summed E-state index contributed by atoms with van der Waals surface area (Å²) in [5.41, 5.74) is 4.28. The van der Waals surface area contributed by atoms with Crippen molar-refractivity contribution in [2.75, 3.05) is 12.1 Å². The van der Waals surface area contributed by atoms with E-state index in [1.54, 1.807) is 18.2 Å². The quantitative estimate of drug-likeness (QED) is 0.757. The van der Waals surface area contributed by atoms with Gasteiger partial charge in [-0.15, -0.1) is 0 Å². The van der Waals surface area contributed by atoms with Crippen molar-refractivity contribution < 1.29 is 14.3 Å². The van der Waals surface area contributed by atoms with Gasteiger partial charge in [0.25, 0.3) is 5.91 Å². The van der Waals surface area contributed by atoms with Crippen LogP contribution in [0.1, 0.15) is 21.6 Å². The molecule has 5 heteroatoms. The van der Waals surface area contributed by atoms with Gasteiger partial charge < -0.3 is 19.8 Å². The molecule has 0 saturated carbocycles. The number of hydrogen-bond donors (Lipinski definition) is 2. The van der Waals surface area contributed by atoms with Crippen molar-refractivity contribution in [2.45, 2.75) is 13.8 Å². The molecule has 3 aromatic rings. The number of nitrogens with one attached hydrogen (secondary N) is 2. The number of aromatic amines is 1. The number of aromatic nitrogens is 1. The van der Waals surface area contributed by atoms with E-state index in [-0.39, 0.29) is 12.7 Å². The van der Waals surface area contributed by atoms with Crippen LogP contribution in [-0.4, -0.2) is 17.7 Å². The number of anilines is 1. The first kappa shape index (κ1) is 13.7. The van der Waals surface area contributed by atoms with Gasteiger partial charge in [0, 0.05) is 28.4 Å². The van der Waals surface area contributed by atoms with Crippen LogP contribution in [0.25, 0.3) is 10.9 Å². The number of amides is 1. The van der Waals surface area contributed by atoms with Crippen molar-refractivity contribution in [1.82, 2.24) is 4.98 Å². The molecule has 0 unspecified atom stereocenters. The van der Waals surface area contributed by atoms with Gasteiger partial charge in [0.2, 0.25) is 6.79 Å². The number of benzene rings is 2. The number of aryl methyl sites for hydroxylation is 2. The van der Waals surface area contributed by atoms with Crippen LogP contribution < -0.4 is 14.8 Å². The highest BCUT2D eigenvalue weighted by atomic mass is 16.7. The fraction of sp³-hybridized carbons (Fsp3) is 0.167. The second kappa shape index (κ2) is 5.05. The number of H-pyrrole nitrogens is 1. The van der Waals surface area contributed by atoms with Crippen molar-refractivity contribution in [1.29, 1.82) is 0 Å². The molecule has 2 aromatic carbocycles. The van der Waals surface area contributed by atoms with E-state index in [1.165, 1.54) is 0 Å². The number of hydrogen-bond acceptors (Lipinski definition) is 3. The summed E-state index contributed by atoms with van der Waals surface area (Å²) >= 11 is 0. The average Bonchev–Trinajstić information content (AvgIpc) is 3.09. The summed E-state index contributed by atoms with van der Waals surface area (Å²) in [6.07, 6.45) is 0. The first-order valence-electron chi connectivity index (χ1n) is 7.42. The standard InChI is InChI=1S/C18H16N2O3/c1-10-3-5-14-13(7-10)17(11(2)19-14)18(21)20-12-4-6-15-16(8-12)23-9-22-15/h3-8,19H,9H2,1-2H3,(H,20,21). The zero-order valence-electron chi connectivity index (χ0n) is 12.9. The Balaban J connectivity index is 1.69. The summed E-state index contributed by atoms with van der Waals surface area (Å²) in [7, 11) is 0. The molecular formula is C18H16N2O3. The molecule has 0 bridgehead atoms. The molecule has 0 aliphatic carbocycles. The maximum atomic E-state index is 12.7. The van der Waals surface area contributed by atoms with E-state index in [0.717, 1.165) is 22.2 Å². The van der Waals surface area contributed by atoms with E-state index in [4.69, 9.17) is 9.47 Å². The third-order valence-electron chi connectivity index (χ3n) is 4.00. The molecule has 1 amide bonds. The first-order chi connectivity index (χ1) is 11.1. The molecule has 0 spiro atoms. The molecule has 0 atom stereocenters. The van der Waals surface area contributed by atoms with Gasteiger partial charge in [-0.25, -0.2) is 0 Å². The number of fused-ring (bicyclic) bond motifs is 2. The van der Waals surface area contributed by atoms with Gasteiger partial charge in [-0.1, -0.05) is 11.6 Å². The van der Waals surface area contributed by atoms with E-state index < -0.39 is 0 Å². The third kappa shape index (κ3) is 2.30. The monoisotopic (exact) mass is 308 g/mol. The average molecular weight is 308 g/mol. The molecule has 1 aromatic heterocycles. The number of carbonyl (C=O) groups excluding carboxylic acids is 1. The molecule has 2 N–H and O–H groups in total. The predicted molar refractivity (Wildman–Crippen MR) is 88.3 cm³/mol. The van der Waals surface area contributed by atoms with Crippen molar-refractivity contribution in [3.05, 3.63) is 53.2 Å². The van der Waals surface area contributed by atoms with E-state index >= 15 is 0 Å². The van der Waals surface area contributed by atoms with Crippen LogP contribution in [0.3, 0.4) is 0 Å². The lowest BCUT2D eigenvalue weighted by Gasteiger charge is -2.07. The molecule has 0 fully saturated rings. The number of ether oxygens (including phenoxy) is 2. The smallest absolute Gasteiger partial charge is 0.258 e. The predicted octanol–water partition coefficient (Wildman–Crippen LogP) is 3.77. The fourth-order valence-electron chi connectivity index (χ4n) is 2.90. The van der Waals surface area contributed by atoms with Gasteiger partial charge in [0.15, 0.2) is 11.5 Å². The number of rotatable bonds is 2. The summed E-state index contributed by atoms with van der Waals surface area (Å²) in [5.74, 6) is 1.20. The van der Waals surface area contributed by atoms with E-state index in [1.807, 2.05) is 32.0 Å². The molecule has 4 rings (SSSR count). The highest BCUT2D eigenvalue weighted by Crippen LogP contribution is 2.34. The zero-order valence-corrected chi connectivity index (χ0v) is 12.9. The Morgan fingerprint density at radius 2 is 1.91 bits per heavy atom. The van der Waals surface area contributed by atoms with Gasteiger partial charge in [-0.2, -0.15) is 0 Å². The second-order valence-electron chi connectivity index (χ2n) is 5.70. The lowest BCUT2D eigenvalue weighted by molar-refractivity contribution is 0.102. The highest BCUT2D eigenvalue weighted by molar-refractivity contribution is 6.14. The van der Waals surface area contributed by atoms with Crippen LogP contribution in [-0.2, 0) is 0 Å². The van der Waals surface area contributed by atoms with Crippen LogP contribution in [0.4, 0.5) is 5.69 Å². The molecular weight excluding hydrogens is 292 g/mol. The Kier molecular flexibility index (Phi) is 3.01. The van der Waals surface area contributed by atoms with Gasteiger partial charge in [-0.3, -0.25) is 4.79 Å². The second-order valence-corrected chi connectivity index (χ2v) is 5.70. The Hall–Kier alpha value is -2.95. The Morgan fingerprint density at radius 1 is 1.09 bits per heavy atom. The molecule has 1 aliphatic heterocycles. The Labute approximate surface area is 133 Å². The van der Waals surface area contributed by atoms with E-state index in [2.05, 4.69) is 10.3 Å². The van der Waals surface area contributed by atoms with Crippen LogP contribution in [0.5, 0.6) is 11.5 Å². The Bertz CT molecular complexity index is 927. The van der Waals surface area contributed by atoms with E-state index in [0.29, 0.717) is 22.7 Å². The van der Waals surface area contributed by atoms with Crippen LogP contribution >= 0.6 is 0 Å². The van der Waals surface area contributed by atoms with Gasteiger partial charge in [0.05, 0.1) is 5.56 Å². The first-order valence-corrected chi connectivity index (χ1v) is 7.42. The Morgan fingerprint density at radius 3 is 2.78 bits per heavy atom. The van der Waals surface area contributed by atoms with Crippen LogP contribution in [0.2, 0.25) is 0 Å².